The Labute approximate surface area is 114 Å². The quantitative estimate of drug-likeness (QED) is 0.910. The highest BCUT2D eigenvalue weighted by Crippen LogP contribution is 2.38. The van der Waals surface area contributed by atoms with E-state index in [4.69, 9.17) is 0 Å². The van der Waals surface area contributed by atoms with Crippen LogP contribution in [0.25, 0.3) is 0 Å². The van der Waals surface area contributed by atoms with E-state index in [2.05, 4.69) is 15.2 Å². The number of hydrogen-bond donors (Lipinski definition) is 1. The van der Waals surface area contributed by atoms with E-state index < -0.39 is 0 Å². The third-order valence-electron chi connectivity index (χ3n) is 4.38. The number of nitrogens with one attached hydrogen (secondary N) is 1. The van der Waals surface area contributed by atoms with Gasteiger partial charge in [0.15, 0.2) is 5.13 Å². The molecule has 4 heteroatoms. The van der Waals surface area contributed by atoms with E-state index in [-0.39, 0.29) is 0 Å². The molecule has 0 spiro atoms. The number of aromatic nitrogens is 1. The highest BCUT2D eigenvalue weighted by molar-refractivity contribution is 7.15. The lowest BCUT2D eigenvalue weighted by Crippen LogP contribution is -2.46. The zero-order valence-corrected chi connectivity index (χ0v) is 12.0. The molecule has 1 saturated heterocycles. The van der Waals surface area contributed by atoms with E-state index in [1.165, 1.54) is 55.1 Å². The van der Waals surface area contributed by atoms with Crippen molar-refractivity contribution in [3.63, 3.8) is 0 Å². The van der Waals surface area contributed by atoms with Gasteiger partial charge in [0.1, 0.15) is 0 Å². The molecule has 2 heterocycles. The predicted octanol–water partition coefficient (Wildman–Crippen LogP) is 3.02. The molecular weight excluding hydrogens is 242 g/mol. The van der Waals surface area contributed by atoms with Gasteiger partial charge in [-0.25, -0.2) is 4.98 Å². The van der Waals surface area contributed by atoms with Gasteiger partial charge in [0.2, 0.25) is 0 Å². The fourth-order valence-corrected chi connectivity index (χ4v) is 4.55. The van der Waals surface area contributed by atoms with Gasteiger partial charge in [-0.15, -0.1) is 11.3 Å². The zero-order valence-electron chi connectivity index (χ0n) is 11.2. The first-order valence-electron chi connectivity index (χ1n) is 7.24. The zero-order chi connectivity index (χ0) is 12.4. The molecular formula is C14H23N3S. The summed E-state index contributed by atoms with van der Waals surface area (Å²) in [5, 5.41) is 4.47. The molecule has 1 aromatic heterocycles. The minimum atomic E-state index is 0.779. The summed E-state index contributed by atoms with van der Waals surface area (Å²) in [6.07, 6.45) is 10.5. The summed E-state index contributed by atoms with van der Waals surface area (Å²) in [4.78, 5) is 8.61. The molecule has 2 unspecified atom stereocenters. The smallest absolute Gasteiger partial charge is 0.185 e. The van der Waals surface area contributed by atoms with E-state index in [9.17, 15) is 0 Å². The molecule has 18 heavy (non-hydrogen) atoms. The Balaban J connectivity index is 1.76. The minimum Gasteiger partial charge on any atom is -0.345 e. The Morgan fingerprint density at radius 3 is 3.06 bits per heavy atom. The van der Waals surface area contributed by atoms with Crippen molar-refractivity contribution < 1.29 is 0 Å². The lowest BCUT2D eigenvalue weighted by molar-refractivity contribution is 0.243. The van der Waals surface area contributed by atoms with Crippen LogP contribution in [0.2, 0.25) is 0 Å². The van der Waals surface area contributed by atoms with Crippen molar-refractivity contribution in [1.29, 1.82) is 0 Å². The van der Waals surface area contributed by atoms with Crippen LogP contribution in [0.3, 0.4) is 0 Å². The van der Waals surface area contributed by atoms with Crippen LogP contribution in [0.1, 0.15) is 43.4 Å². The van der Waals surface area contributed by atoms with Gasteiger partial charge in [0.25, 0.3) is 0 Å². The highest BCUT2D eigenvalue weighted by Gasteiger charge is 2.34. The monoisotopic (exact) mass is 265 g/mol. The number of anilines is 1. The van der Waals surface area contributed by atoms with Gasteiger partial charge in [-0.1, -0.05) is 12.8 Å². The van der Waals surface area contributed by atoms with E-state index in [0.717, 1.165) is 18.5 Å². The van der Waals surface area contributed by atoms with Crippen molar-refractivity contribution in [2.24, 2.45) is 5.92 Å². The summed E-state index contributed by atoms with van der Waals surface area (Å²) in [5.74, 6) is 0.934. The minimum absolute atomic E-state index is 0.779. The molecule has 1 aliphatic heterocycles. The second-order valence-corrected chi connectivity index (χ2v) is 6.68. The van der Waals surface area contributed by atoms with Crippen LogP contribution in [0.5, 0.6) is 0 Å². The first-order chi connectivity index (χ1) is 8.88. The summed E-state index contributed by atoms with van der Waals surface area (Å²) in [7, 11) is 2.00. The molecule has 1 aromatic rings. The first kappa shape index (κ1) is 12.4. The summed E-state index contributed by atoms with van der Waals surface area (Å²) in [6, 6.07) is 0.779. The lowest BCUT2D eigenvalue weighted by atomic mass is 9.78. The highest BCUT2D eigenvalue weighted by atomic mass is 32.1. The van der Waals surface area contributed by atoms with Crippen molar-refractivity contribution in [2.45, 2.75) is 51.1 Å². The maximum absolute atomic E-state index is 4.65. The van der Waals surface area contributed by atoms with Gasteiger partial charge >= 0.3 is 0 Å². The molecule has 1 aliphatic carbocycles. The fourth-order valence-electron chi connectivity index (χ4n) is 3.55. The van der Waals surface area contributed by atoms with Crippen LogP contribution in [0.15, 0.2) is 6.20 Å². The standard InChI is InChI=1S/C14H23N3S/c1-15-9-12-10-16-14(18-12)17-8-4-6-11-5-2-3-7-13(11)17/h10-11,13,15H,2-9H2,1H3. The van der Waals surface area contributed by atoms with Crippen LogP contribution in [0.4, 0.5) is 5.13 Å². The molecule has 0 bridgehead atoms. The Morgan fingerprint density at radius 1 is 1.33 bits per heavy atom. The van der Waals surface area contributed by atoms with Gasteiger partial charge < -0.3 is 10.2 Å². The molecule has 1 N–H and O–H groups in total. The third-order valence-corrected chi connectivity index (χ3v) is 5.42. The summed E-state index contributed by atoms with van der Waals surface area (Å²) in [6.45, 7) is 2.16. The predicted molar refractivity (Wildman–Crippen MR) is 77.2 cm³/mol. The van der Waals surface area contributed by atoms with Crippen LogP contribution in [0, 0.1) is 5.92 Å². The van der Waals surface area contributed by atoms with Crippen molar-refractivity contribution >= 4 is 16.5 Å². The molecule has 3 rings (SSSR count). The molecule has 2 fully saturated rings. The third kappa shape index (κ3) is 2.41. The average Bonchev–Trinajstić information content (AvgIpc) is 2.87. The van der Waals surface area contributed by atoms with Gasteiger partial charge in [-0.2, -0.15) is 0 Å². The molecule has 2 atom stereocenters. The molecule has 1 saturated carbocycles. The first-order valence-corrected chi connectivity index (χ1v) is 8.06. The molecule has 100 valence electrons. The van der Waals surface area contributed by atoms with E-state index in [0.29, 0.717) is 0 Å². The maximum Gasteiger partial charge on any atom is 0.185 e. The van der Waals surface area contributed by atoms with Crippen LogP contribution >= 0.6 is 11.3 Å². The van der Waals surface area contributed by atoms with E-state index >= 15 is 0 Å². The van der Waals surface area contributed by atoms with Crippen LogP contribution in [-0.2, 0) is 6.54 Å². The summed E-state index contributed by atoms with van der Waals surface area (Å²) >= 11 is 1.87. The average molecular weight is 265 g/mol. The Hall–Kier alpha value is -0.610. The summed E-state index contributed by atoms with van der Waals surface area (Å²) < 4.78 is 0. The van der Waals surface area contributed by atoms with Gasteiger partial charge in [-0.3, -0.25) is 0 Å². The van der Waals surface area contributed by atoms with E-state index in [1.54, 1.807) is 0 Å². The maximum atomic E-state index is 4.65. The number of nitrogens with zero attached hydrogens (tertiary/aromatic N) is 2. The van der Waals surface area contributed by atoms with Gasteiger partial charge in [-0.05, 0) is 38.6 Å². The van der Waals surface area contributed by atoms with Crippen molar-refractivity contribution in [3.05, 3.63) is 11.1 Å². The normalized spacial score (nSPS) is 28.2. The molecule has 0 amide bonds. The van der Waals surface area contributed by atoms with Crippen LogP contribution in [-0.4, -0.2) is 24.6 Å². The largest absolute Gasteiger partial charge is 0.345 e. The molecule has 2 aliphatic rings. The number of fused-ring (bicyclic) bond motifs is 1. The van der Waals surface area contributed by atoms with Gasteiger partial charge in [0, 0.05) is 30.2 Å². The number of hydrogen-bond acceptors (Lipinski definition) is 4. The SMILES string of the molecule is CNCc1cnc(N2CCCC3CCCCC32)s1. The topological polar surface area (TPSA) is 28.2 Å². The Morgan fingerprint density at radius 2 is 2.17 bits per heavy atom. The van der Waals surface area contributed by atoms with Crippen molar-refractivity contribution in [1.82, 2.24) is 10.3 Å². The number of thiazole rings is 1. The molecule has 3 nitrogen and oxygen atoms in total. The number of rotatable bonds is 3. The molecule has 0 radical (unpaired) electrons. The summed E-state index contributed by atoms with van der Waals surface area (Å²) in [5.41, 5.74) is 0. The molecule has 0 aromatic carbocycles. The second-order valence-electron chi connectivity index (χ2n) is 5.59. The van der Waals surface area contributed by atoms with Crippen LogP contribution < -0.4 is 10.2 Å². The fraction of sp³-hybridized carbons (Fsp3) is 0.786. The number of piperidine rings is 1. The Kier molecular flexibility index (Phi) is 3.85. The van der Waals surface area contributed by atoms with Crippen molar-refractivity contribution in [2.75, 3.05) is 18.5 Å². The van der Waals surface area contributed by atoms with Gasteiger partial charge in [0.05, 0.1) is 0 Å². The van der Waals surface area contributed by atoms with Crippen molar-refractivity contribution in [3.8, 4) is 0 Å². The lowest BCUT2D eigenvalue weighted by Gasteiger charge is -2.44. The van der Waals surface area contributed by atoms with E-state index in [1.807, 2.05) is 24.6 Å². The second kappa shape index (κ2) is 5.57. The Bertz CT molecular complexity index is 388.